The molecule has 0 radical (unpaired) electrons. The van der Waals surface area contributed by atoms with E-state index in [1.54, 1.807) is 12.1 Å². The normalized spacial score (nSPS) is 26.1. The number of fused-ring (bicyclic) bond motifs is 2. The van der Waals surface area contributed by atoms with Crippen LogP contribution in [0.4, 0.5) is 0 Å². The van der Waals surface area contributed by atoms with Gasteiger partial charge in [-0.05, 0) is 37.9 Å². The Kier molecular flexibility index (Phi) is 2.92. The van der Waals surface area contributed by atoms with Gasteiger partial charge in [0, 0.05) is 12.6 Å². The Labute approximate surface area is 122 Å². The lowest BCUT2D eigenvalue weighted by molar-refractivity contribution is 0.0699. The third-order valence-electron chi connectivity index (χ3n) is 4.87. The smallest absolute Gasteiger partial charge is 0.338 e. The minimum Gasteiger partial charge on any atom is -0.478 e. The van der Waals surface area contributed by atoms with Crippen LogP contribution in [0, 0.1) is 0 Å². The second-order valence-corrected chi connectivity index (χ2v) is 5.97. The number of benzene rings is 1. The van der Waals surface area contributed by atoms with Gasteiger partial charge in [0.15, 0.2) is 0 Å². The molecule has 2 aliphatic heterocycles. The van der Waals surface area contributed by atoms with Gasteiger partial charge in [0.05, 0.1) is 17.1 Å². The first-order valence-electron chi connectivity index (χ1n) is 7.57. The molecule has 0 saturated carbocycles. The van der Waals surface area contributed by atoms with E-state index in [2.05, 4.69) is 15.2 Å². The van der Waals surface area contributed by atoms with Crippen molar-refractivity contribution in [3.63, 3.8) is 0 Å². The maximum Gasteiger partial charge on any atom is 0.338 e. The number of carbonyl (C=O) groups is 1. The van der Waals surface area contributed by atoms with Crippen molar-refractivity contribution in [1.29, 1.82) is 0 Å². The molecule has 6 nitrogen and oxygen atoms in total. The lowest BCUT2D eigenvalue weighted by atomic mass is 9.99. The van der Waals surface area contributed by atoms with Crippen LogP contribution in [0.15, 0.2) is 18.2 Å². The van der Waals surface area contributed by atoms with Gasteiger partial charge in [-0.25, -0.2) is 9.48 Å². The number of carboxylic acids is 1. The van der Waals surface area contributed by atoms with E-state index in [9.17, 15) is 9.90 Å². The van der Waals surface area contributed by atoms with Crippen LogP contribution < -0.4 is 0 Å². The topological polar surface area (TPSA) is 71.2 Å². The van der Waals surface area contributed by atoms with E-state index in [0.29, 0.717) is 17.6 Å². The molecule has 0 aliphatic carbocycles. The quantitative estimate of drug-likeness (QED) is 0.913. The molecule has 0 bridgehead atoms. The zero-order valence-corrected chi connectivity index (χ0v) is 11.8. The molecule has 4 rings (SSSR count). The number of piperidine rings is 1. The highest BCUT2D eigenvalue weighted by Crippen LogP contribution is 2.36. The number of rotatable bonds is 2. The van der Waals surface area contributed by atoms with Crippen LogP contribution in [0.25, 0.3) is 11.0 Å². The van der Waals surface area contributed by atoms with Crippen molar-refractivity contribution in [2.24, 2.45) is 0 Å². The van der Waals surface area contributed by atoms with Crippen molar-refractivity contribution in [3.05, 3.63) is 23.8 Å². The monoisotopic (exact) mass is 286 g/mol. The highest BCUT2D eigenvalue weighted by molar-refractivity contribution is 6.00. The van der Waals surface area contributed by atoms with Gasteiger partial charge in [-0.15, -0.1) is 5.10 Å². The van der Waals surface area contributed by atoms with E-state index in [1.165, 1.54) is 25.8 Å². The average Bonchev–Trinajstić information content (AvgIpc) is 3.09. The summed E-state index contributed by atoms with van der Waals surface area (Å²) in [7, 11) is 0. The van der Waals surface area contributed by atoms with Crippen LogP contribution in [-0.4, -0.2) is 50.1 Å². The van der Waals surface area contributed by atoms with Crippen molar-refractivity contribution in [1.82, 2.24) is 19.9 Å². The van der Waals surface area contributed by atoms with E-state index in [1.807, 2.05) is 10.7 Å². The fourth-order valence-electron chi connectivity index (χ4n) is 3.89. The molecule has 0 spiro atoms. The van der Waals surface area contributed by atoms with Crippen LogP contribution in [0.1, 0.15) is 42.1 Å². The maximum absolute atomic E-state index is 11.3. The Hall–Kier alpha value is -1.95. The summed E-state index contributed by atoms with van der Waals surface area (Å²) in [6, 6.07) is 6.13. The highest BCUT2D eigenvalue weighted by Gasteiger charge is 2.37. The molecule has 2 aliphatic rings. The third-order valence-corrected chi connectivity index (χ3v) is 4.87. The summed E-state index contributed by atoms with van der Waals surface area (Å²) in [5.41, 5.74) is 1.57. The number of nitrogens with zero attached hydrogens (tertiary/aromatic N) is 4. The van der Waals surface area contributed by atoms with Crippen molar-refractivity contribution in [3.8, 4) is 0 Å². The van der Waals surface area contributed by atoms with E-state index in [0.717, 1.165) is 18.5 Å². The van der Waals surface area contributed by atoms with Crippen LogP contribution in [0.5, 0.6) is 0 Å². The fourth-order valence-corrected chi connectivity index (χ4v) is 3.89. The van der Waals surface area contributed by atoms with Gasteiger partial charge in [-0.2, -0.15) is 0 Å². The standard InChI is InChI=1S/C15H18N4O2/c20-15(21)10-4-3-6-13-14(10)16-17-19(13)12-7-9-18-8-2-1-5-11(12)18/h3-4,6,11-12H,1-2,5,7-9H2,(H,20,21). The molecule has 2 fully saturated rings. The highest BCUT2D eigenvalue weighted by atomic mass is 16.4. The first-order valence-corrected chi connectivity index (χ1v) is 7.57. The Bertz CT molecular complexity index is 696. The summed E-state index contributed by atoms with van der Waals surface area (Å²) in [5, 5.41) is 17.7. The van der Waals surface area contributed by atoms with E-state index in [-0.39, 0.29) is 5.56 Å². The summed E-state index contributed by atoms with van der Waals surface area (Å²) < 4.78 is 1.96. The summed E-state index contributed by atoms with van der Waals surface area (Å²) >= 11 is 0. The summed E-state index contributed by atoms with van der Waals surface area (Å²) in [5.74, 6) is -0.946. The van der Waals surface area contributed by atoms with Gasteiger partial charge in [0.1, 0.15) is 5.52 Å². The minimum atomic E-state index is -0.946. The van der Waals surface area contributed by atoms with Crippen LogP contribution in [0.2, 0.25) is 0 Å². The Balaban J connectivity index is 1.77. The SMILES string of the molecule is O=C(O)c1cccc2c1nnn2C1CCN2CCCCC12. The van der Waals surface area contributed by atoms with Crippen molar-refractivity contribution < 1.29 is 9.90 Å². The van der Waals surface area contributed by atoms with Crippen molar-refractivity contribution >= 4 is 17.0 Å². The molecule has 0 amide bonds. The Morgan fingerprint density at radius 2 is 2.10 bits per heavy atom. The van der Waals surface area contributed by atoms with Gasteiger partial charge in [0.2, 0.25) is 0 Å². The van der Waals surface area contributed by atoms with Crippen LogP contribution in [-0.2, 0) is 0 Å². The molecule has 21 heavy (non-hydrogen) atoms. The number of aromatic nitrogens is 3. The molecule has 2 atom stereocenters. The first-order chi connectivity index (χ1) is 10.3. The number of carboxylic acid groups (broad SMARTS) is 1. The van der Waals surface area contributed by atoms with Gasteiger partial charge >= 0.3 is 5.97 Å². The van der Waals surface area contributed by atoms with Gasteiger partial charge in [0.25, 0.3) is 0 Å². The molecule has 2 saturated heterocycles. The van der Waals surface area contributed by atoms with E-state index < -0.39 is 5.97 Å². The molecule has 6 heteroatoms. The lowest BCUT2D eigenvalue weighted by Crippen LogP contribution is -2.37. The molecular weight excluding hydrogens is 268 g/mol. The number of hydrogen-bond donors (Lipinski definition) is 1. The Morgan fingerprint density at radius 1 is 1.19 bits per heavy atom. The van der Waals surface area contributed by atoms with Gasteiger partial charge < -0.3 is 5.11 Å². The van der Waals surface area contributed by atoms with Crippen molar-refractivity contribution in [2.75, 3.05) is 13.1 Å². The molecule has 1 N–H and O–H groups in total. The largest absolute Gasteiger partial charge is 0.478 e. The summed E-state index contributed by atoms with van der Waals surface area (Å²) in [4.78, 5) is 13.8. The predicted molar refractivity (Wildman–Crippen MR) is 77.4 cm³/mol. The van der Waals surface area contributed by atoms with Crippen molar-refractivity contribution in [2.45, 2.75) is 37.8 Å². The molecule has 2 aromatic rings. The number of hydrogen-bond acceptors (Lipinski definition) is 4. The lowest BCUT2D eigenvalue weighted by Gasteiger charge is -2.32. The maximum atomic E-state index is 11.3. The second kappa shape index (κ2) is 4.80. The van der Waals surface area contributed by atoms with E-state index in [4.69, 9.17) is 0 Å². The zero-order valence-electron chi connectivity index (χ0n) is 11.8. The van der Waals surface area contributed by atoms with Crippen LogP contribution >= 0.6 is 0 Å². The molecular formula is C15H18N4O2. The van der Waals surface area contributed by atoms with E-state index >= 15 is 0 Å². The van der Waals surface area contributed by atoms with Crippen LogP contribution in [0.3, 0.4) is 0 Å². The Morgan fingerprint density at radius 3 is 2.95 bits per heavy atom. The van der Waals surface area contributed by atoms with Gasteiger partial charge in [-0.1, -0.05) is 17.7 Å². The summed E-state index contributed by atoms with van der Waals surface area (Å²) in [6.07, 6.45) is 4.82. The first kappa shape index (κ1) is 12.8. The average molecular weight is 286 g/mol. The second-order valence-electron chi connectivity index (χ2n) is 5.97. The molecule has 1 aromatic carbocycles. The molecule has 3 heterocycles. The number of aromatic carboxylic acids is 1. The van der Waals surface area contributed by atoms with Gasteiger partial charge in [-0.3, -0.25) is 4.90 Å². The molecule has 2 unspecified atom stereocenters. The predicted octanol–water partition coefficient (Wildman–Crippen LogP) is 1.93. The minimum absolute atomic E-state index is 0.234. The third kappa shape index (κ3) is 1.93. The summed E-state index contributed by atoms with van der Waals surface area (Å²) in [6.45, 7) is 2.28. The zero-order chi connectivity index (χ0) is 14.4. The molecule has 110 valence electrons. The molecule has 1 aromatic heterocycles. The fraction of sp³-hybridized carbons (Fsp3) is 0.533.